The smallest absolute Gasteiger partial charge is 0.271 e. The number of aliphatic hydroxyl groups is 1. The molecule has 6 heteroatoms. The van der Waals surface area contributed by atoms with E-state index in [4.69, 9.17) is 4.74 Å². The highest BCUT2D eigenvalue weighted by atomic mass is 16.5. The molecular weight excluding hydrogens is 342 g/mol. The highest BCUT2D eigenvalue weighted by Crippen LogP contribution is 2.42. The molecule has 2 aliphatic heterocycles. The zero-order valence-electron chi connectivity index (χ0n) is 15.4. The summed E-state index contributed by atoms with van der Waals surface area (Å²) in [4.78, 5) is 17.2. The summed E-state index contributed by atoms with van der Waals surface area (Å²) < 4.78 is 7.82. The molecule has 3 heterocycles. The topological polar surface area (TPSA) is 76.4 Å². The van der Waals surface area contributed by atoms with E-state index in [-0.39, 0.29) is 17.9 Å². The number of para-hydroxylation sites is 1. The van der Waals surface area contributed by atoms with E-state index in [0.717, 1.165) is 62.2 Å². The van der Waals surface area contributed by atoms with Crippen LogP contribution in [0.2, 0.25) is 0 Å². The molecule has 1 aliphatic carbocycles. The molecule has 0 bridgehead atoms. The molecule has 2 atom stereocenters. The lowest BCUT2D eigenvalue weighted by Gasteiger charge is -2.45. The van der Waals surface area contributed by atoms with E-state index >= 15 is 0 Å². The third kappa shape index (κ3) is 3.02. The predicted molar refractivity (Wildman–Crippen MR) is 99.7 cm³/mol. The lowest BCUT2D eigenvalue weighted by Crippen LogP contribution is -2.47. The summed E-state index contributed by atoms with van der Waals surface area (Å²) in [6.45, 7) is 1.23. The number of aromatic nitrogens is 2. The minimum Gasteiger partial charge on any atom is -0.491 e. The molecule has 6 nitrogen and oxygen atoms in total. The summed E-state index contributed by atoms with van der Waals surface area (Å²) in [5, 5.41) is 13.7. The first-order valence-electron chi connectivity index (χ1n) is 9.91. The number of ether oxygens (including phenoxy) is 1. The number of amides is 1. The monoisotopic (exact) mass is 367 g/mol. The maximum atomic E-state index is 12.7. The van der Waals surface area contributed by atoms with Crippen molar-refractivity contribution in [2.45, 2.75) is 56.7 Å². The van der Waals surface area contributed by atoms with Crippen LogP contribution >= 0.6 is 0 Å². The van der Waals surface area contributed by atoms with E-state index in [0.29, 0.717) is 12.3 Å². The summed E-state index contributed by atoms with van der Waals surface area (Å²) in [6.07, 6.45) is 7.30. The van der Waals surface area contributed by atoms with Gasteiger partial charge in [-0.3, -0.25) is 4.79 Å². The Labute approximate surface area is 158 Å². The van der Waals surface area contributed by atoms with Crippen molar-refractivity contribution in [3.8, 4) is 5.75 Å². The average Bonchev–Trinajstić information content (AvgIpc) is 3.09. The number of carbonyl (C=O) groups is 1. The fourth-order valence-electron chi connectivity index (χ4n) is 4.62. The van der Waals surface area contributed by atoms with Crippen LogP contribution in [-0.2, 0) is 19.4 Å². The summed E-state index contributed by atoms with van der Waals surface area (Å²) in [5.74, 6) is 1.97. The lowest BCUT2D eigenvalue weighted by atomic mass is 9.69. The van der Waals surface area contributed by atoms with Gasteiger partial charge in [-0.05, 0) is 43.7 Å². The Morgan fingerprint density at radius 3 is 3.00 bits per heavy atom. The first-order valence-corrected chi connectivity index (χ1v) is 9.91. The first kappa shape index (κ1) is 16.8. The summed E-state index contributed by atoms with van der Waals surface area (Å²) in [7, 11) is 0. The second-order valence-corrected chi connectivity index (χ2v) is 8.18. The van der Waals surface area contributed by atoms with Crippen molar-refractivity contribution in [2.24, 2.45) is 5.92 Å². The Morgan fingerprint density at radius 1 is 1.33 bits per heavy atom. The van der Waals surface area contributed by atoms with Crippen LogP contribution in [0.15, 0.2) is 30.5 Å². The number of rotatable bonds is 3. The molecule has 142 valence electrons. The highest BCUT2D eigenvalue weighted by molar-refractivity contribution is 5.92. The number of fused-ring (bicyclic) bond motifs is 2. The third-order valence-electron chi connectivity index (χ3n) is 6.42. The standard InChI is InChI=1S/C21H25N3O3/c25-20(22-16-10-14-4-1-2-5-18(14)27-13-16)17-12-24-11-15(6-7-19(24)23-17)21(26)8-3-9-21/h1-2,4-5,12,15-16,26H,3,6-11,13H2,(H,22,25). The SMILES string of the molecule is O=C(NC1COc2ccccc2C1)c1cn2c(n1)CCC(C1(O)CCC1)C2. The van der Waals surface area contributed by atoms with Crippen LogP contribution in [-0.4, -0.2) is 38.8 Å². The number of nitrogens with one attached hydrogen (secondary N) is 1. The van der Waals surface area contributed by atoms with Crippen molar-refractivity contribution in [2.75, 3.05) is 6.61 Å². The quantitative estimate of drug-likeness (QED) is 0.871. The van der Waals surface area contributed by atoms with Crippen molar-refractivity contribution in [3.05, 3.63) is 47.5 Å². The number of hydrogen-bond donors (Lipinski definition) is 2. The van der Waals surface area contributed by atoms with E-state index < -0.39 is 5.60 Å². The van der Waals surface area contributed by atoms with Gasteiger partial charge >= 0.3 is 0 Å². The molecule has 3 aliphatic rings. The molecule has 0 spiro atoms. The second kappa shape index (κ2) is 6.37. The molecule has 2 unspecified atom stereocenters. The molecule has 0 saturated heterocycles. The van der Waals surface area contributed by atoms with Crippen molar-refractivity contribution in [3.63, 3.8) is 0 Å². The summed E-state index contributed by atoms with van der Waals surface area (Å²) in [5.41, 5.74) is 1.08. The van der Waals surface area contributed by atoms with E-state index in [1.165, 1.54) is 0 Å². The zero-order valence-corrected chi connectivity index (χ0v) is 15.4. The van der Waals surface area contributed by atoms with Crippen LogP contribution in [0.25, 0.3) is 0 Å². The molecule has 1 fully saturated rings. The summed E-state index contributed by atoms with van der Waals surface area (Å²) >= 11 is 0. The van der Waals surface area contributed by atoms with Gasteiger partial charge in [0.15, 0.2) is 0 Å². The number of carbonyl (C=O) groups excluding carboxylic acids is 1. The number of benzene rings is 1. The van der Waals surface area contributed by atoms with Gasteiger partial charge in [0, 0.05) is 25.1 Å². The first-order chi connectivity index (χ1) is 13.1. The molecular formula is C21H25N3O3. The van der Waals surface area contributed by atoms with Crippen molar-refractivity contribution in [1.82, 2.24) is 14.9 Å². The molecule has 1 aromatic carbocycles. The van der Waals surface area contributed by atoms with Gasteiger partial charge in [0.25, 0.3) is 5.91 Å². The molecule has 5 rings (SSSR count). The number of imidazole rings is 1. The van der Waals surface area contributed by atoms with Crippen LogP contribution in [0.3, 0.4) is 0 Å². The van der Waals surface area contributed by atoms with Gasteiger partial charge in [0.05, 0.1) is 11.6 Å². The van der Waals surface area contributed by atoms with Crippen molar-refractivity contribution < 1.29 is 14.6 Å². The van der Waals surface area contributed by atoms with Gasteiger partial charge in [-0.25, -0.2) is 4.98 Å². The molecule has 27 heavy (non-hydrogen) atoms. The van der Waals surface area contributed by atoms with Gasteiger partial charge in [-0.1, -0.05) is 18.2 Å². The van der Waals surface area contributed by atoms with E-state index in [1.807, 2.05) is 30.5 Å². The minimum atomic E-state index is -0.503. The second-order valence-electron chi connectivity index (χ2n) is 8.18. The fourth-order valence-corrected chi connectivity index (χ4v) is 4.62. The number of nitrogens with zero attached hydrogens (tertiary/aromatic N) is 2. The Bertz CT molecular complexity index is 871. The lowest BCUT2D eigenvalue weighted by molar-refractivity contribution is -0.0942. The fraction of sp³-hybridized carbons (Fsp3) is 0.524. The van der Waals surface area contributed by atoms with E-state index in [2.05, 4.69) is 14.9 Å². The largest absolute Gasteiger partial charge is 0.491 e. The number of aryl methyl sites for hydroxylation is 1. The highest BCUT2D eigenvalue weighted by Gasteiger charge is 2.43. The van der Waals surface area contributed by atoms with Crippen LogP contribution in [0.5, 0.6) is 5.75 Å². The molecule has 1 amide bonds. The van der Waals surface area contributed by atoms with Crippen LogP contribution in [0.1, 0.15) is 47.6 Å². The Balaban J connectivity index is 1.26. The Kier molecular flexibility index (Phi) is 3.97. The van der Waals surface area contributed by atoms with Crippen molar-refractivity contribution in [1.29, 1.82) is 0 Å². The van der Waals surface area contributed by atoms with Crippen molar-refractivity contribution >= 4 is 5.91 Å². The Hall–Kier alpha value is -2.34. The van der Waals surface area contributed by atoms with Gasteiger partial charge < -0.3 is 19.7 Å². The average molecular weight is 367 g/mol. The van der Waals surface area contributed by atoms with Gasteiger partial charge in [-0.2, -0.15) is 0 Å². The maximum absolute atomic E-state index is 12.7. The maximum Gasteiger partial charge on any atom is 0.271 e. The van der Waals surface area contributed by atoms with Crippen LogP contribution < -0.4 is 10.1 Å². The van der Waals surface area contributed by atoms with Crippen LogP contribution in [0, 0.1) is 5.92 Å². The van der Waals surface area contributed by atoms with E-state index in [9.17, 15) is 9.90 Å². The minimum absolute atomic E-state index is 0.0467. The molecule has 1 saturated carbocycles. The zero-order chi connectivity index (χ0) is 18.4. The van der Waals surface area contributed by atoms with Gasteiger partial charge in [-0.15, -0.1) is 0 Å². The summed E-state index contributed by atoms with van der Waals surface area (Å²) in [6, 6.07) is 7.90. The number of hydrogen-bond acceptors (Lipinski definition) is 4. The Morgan fingerprint density at radius 2 is 2.19 bits per heavy atom. The predicted octanol–water partition coefficient (Wildman–Crippen LogP) is 2.09. The normalized spacial score (nSPS) is 25.5. The van der Waals surface area contributed by atoms with Gasteiger partial charge in [0.2, 0.25) is 0 Å². The molecule has 2 N–H and O–H groups in total. The molecule has 2 aromatic rings. The van der Waals surface area contributed by atoms with Crippen LogP contribution in [0.4, 0.5) is 0 Å². The molecule has 1 aromatic heterocycles. The van der Waals surface area contributed by atoms with E-state index in [1.54, 1.807) is 0 Å². The van der Waals surface area contributed by atoms with Gasteiger partial charge in [0.1, 0.15) is 23.9 Å². The third-order valence-corrected chi connectivity index (χ3v) is 6.42. The molecule has 0 radical (unpaired) electrons.